The fourth-order valence-corrected chi connectivity index (χ4v) is 1.92. The lowest BCUT2D eigenvalue weighted by Gasteiger charge is -2.10. The quantitative estimate of drug-likeness (QED) is 0.776. The first-order chi connectivity index (χ1) is 8.58. The van der Waals surface area contributed by atoms with E-state index in [-0.39, 0.29) is 17.1 Å². The van der Waals surface area contributed by atoms with Gasteiger partial charge in [0.05, 0.1) is 5.56 Å². The minimum Gasteiger partial charge on any atom is -0.453 e. The number of halogens is 2. The Hall–Kier alpha value is -1.68. The molecule has 0 aliphatic rings. The molecule has 0 atom stereocenters. The van der Waals surface area contributed by atoms with Crippen LogP contribution in [0.15, 0.2) is 46.9 Å². The summed E-state index contributed by atoms with van der Waals surface area (Å²) in [5, 5.41) is 0. The van der Waals surface area contributed by atoms with E-state index in [0.29, 0.717) is 5.75 Å². The standard InChI is InChI=1S/C14H10BrFO2/c1-9(17)12-6-3-7-13(16)14(12)18-11-5-2-4-10(15)8-11/h2-8H,1H3. The Balaban J connectivity index is 2.42. The Morgan fingerprint density at radius 2 is 1.94 bits per heavy atom. The van der Waals surface area contributed by atoms with Crippen molar-refractivity contribution in [1.29, 1.82) is 0 Å². The Bertz CT molecular complexity index is 596. The summed E-state index contributed by atoms with van der Waals surface area (Å²) in [6, 6.07) is 11.3. The highest BCUT2D eigenvalue weighted by Crippen LogP contribution is 2.30. The van der Waals surface area contributed by atoms with Crippen LogP contribution in [0.5, 0.6) is 11.5 Å². The van der Waals surface area contributed by atoms with Crippen LogP contribution in [-0.2, 0) is 0 Å². The molecule has 2 nitrogen and oxygen atoms in total. The number of carbonyl (C=O) groups is 1. The number of hydrogen-bond acceptors (Lipinski definition) is 2. The maximum atomic E-state index is 13.7. The smallest absolute Gasteiger partial charge is 0.173 e. The summed E-state index contributed by atoms with van der Waals surface area (Å²) in [6.07, 6.45) is 0. The molecule has 0 aromatic heterocycles. The highest BCUT2D eigenvalue weighted by molar-refractivity contribution is 9.10. The molecule has 0 saturated carbocycles. The lowest BCUT2D eigenvalue weighted by atomic mass is 10.1. The molecule has 0 saturated heterocycles. The average molecular weight is 309 g/mol. The van der Waals surface area contributed by atoms with Crippen molar-refractivity contribution in [3.63, 3.8) is 0 Å². The zero-order chi connectivity index (χ0) is 13.1. The number of ether oxygens (including phenoxy) is 1. The van der Waals surface area contributed by atoms with Crippen molar-refractivity contribution in [2.45, 2.75) is 6.92 Å². The summed E-state index contributed by atoms with van der Waals surface area (Å²) in [6.45, 7) is 1.38. The molecule has 0 radical (unpaired) electrons. The molecule has 92 valence electrons. The summed E-state index contributed by atoms with van der Waals surface area (Å²) in [7, 11) is 0. The first-order valence-corrected chi connectivity index (χ1v) is 6.10. The van der Waals surface area contributed by atoms with Gasteiger partial charge in [0.25, 0.3) is 0 Å². The van der Waals surface area contributed by atoms with Gasteiger partial charge in [-0.3, -0.25) is 4.79 Å². The van der Waals surface area contributed by atoms with Gasteiger partial charge in [-0.25, -0.2) is 4.39 Å². The molecule has 2 aromatic carbocycles. The fourth-order valence-electron chi connectivity index (χ4n) is 1.54. The molecule has 0 aliphatic heterocycles. The summed E-state index contributed by atoms with van der Waals surface area (Å²) < 4.78 is 20.0. The fraction of sp³-hybridized carbons (Fsp3) is 0.0714. The second-order valence-electron chi connectivity index (χ2n) is 3.73. The van der Waals surface area contributed by atoms with Gasteiger partial charge in [0.2, 0.25) is 0 Å². The monoisotopic (exact) mass is 308 g/mol. The molecule has 0 bridgehead atoms. The molecule has 4 heteroatoms. The zero-order valence-corrected chi connectivity index (χ0v) is 11.2. The molecule has 2 aromatic rings. The molecular weight excluding hydrogens is 299 g/mol. The SMILES string of the molecule is CC(=O)c1cccc(F)c1Oc1cccc(Br)c1. The number of rotatable bonds is 3. The van der Waals surface area contributed by atoms with E-state index < -0.39 is 5.82 Å². The number of ketones is 1. The molecule has 0 amide bonds. The van der Waals surface area contributed by atoms with Gasteiger partial charge >= 0.3 is 0 Å². The van der Waals surface area contributed by atoms with Crippen molar-refractivity contribution in [3.05, 3.63) is 58.3 Å². The van der Waals surface area contributed by atoms with Crippen molar-refractivity contribution in [2.75, 3.05) is 0 Å². The largest absolute Gasteiger partial charge is 0.453 e. The van der Waals surface area contributed by atoms with Crippen molar-refractivity contribution in [3.8, 4) is 11.5 Å². The first kappa shape index (κ1) is 12.8. The van der Waals surface area contributed by atoms with E-state index in [0.717, 1.165) is 4.47 Å². The lowest BCUT2D eigenvalue weighted by molar-refractivity contribution is 0.101. The van der Waals surface area contributed by atoms with E-state index in [4.69, 9.17) is 4.74 Å². The first-order valence-electron chi connectivity index (χ1n) is 5.31. The molecule has 0 heterocycles. The van der Waals surface area contributed by atoms with Crippen LogP contribution in [-0.4, -0.2) is 5.78 Å². The van der Waals surface area contributed by atoms with E-state index in [1.54, 1.807) is 24.3 Å². The zero-order valence-electron chi connectivity index (χ0n) is 9.61. The van der Waals surface area contributed by atoms with Gasteiger partial charge < -0.3 is 4.74 Å². The second-order valence-corrected chi connectivity index (χ2v) is 4.65. The van der Waals surface area contributed by atoms with Crippen LogP contribution in [0, 0.1) is 5.82 Å². The molecule has 0 aliphatic carbocycles. The Morgan fingerprint density at radius 3 is 2.61 bits per heavy atom. The topological polar surface area (TPSA) is 26.3 Å². The van der Waals surface area contributed by atoms with Crippen LogP contribution in [0.2, 0.25) is 0 Å². The summed E-state index contributed by atoms with van der Waals surface area (Å²) in [5.74, 6) is -0.359. The third-order valence-corrected chi connectivity index (χ3v) is 2.86. The third kappa shape index (κ3) is 2.76. The maximum Gasteiger partial charge on any atom is 0.173 e. The van der Waals surface area contributed by atoms with Crippen LogP contribution in [0.1, 0.15) is 17.3 Å². The number of hydrogen-bond donors (Lipinski definition) is 0. The van der Waals surface area contributed by atoms with E-state index in [1.807, 2.05) is 6.07 Å². The number of para-hydroxylation sites is 1. The summed E-state index contributed by atoms with van der Waals surface area (Å²) in [4.78, 5) is 11.4. The van der Waals surface area contributed by atoms with E-state index in [9.17, 15) is 9.18 Å². The molecule has 18 heavy (non-hydrogen) atoms. The molecule has 0 N–H and O–H groups in total. The van der Waals surface area contributed by atoms with Gasteiger partial charge in [-0.05, 0) is 37.3 Å². The average Bonchev–Trinajstić information content (AvgIpc) is 2.31. The van der Waals surface area contributed by atoms with Crippen LogP contribution in [0.25, 0.3) is 0 Å². The molecule has 2 rings (SSSR count). The number of Topliss-reactive ketones (excluding diaryl/α,β-unsaturated/α-hetero) is 1. The molecular formula is C14H10BrFO2. The number of benzene rings is 2. The molecule has 0 fully saturated rings. The molecule has 0 unspecified atom stereocenters. The minimum atomic E-state index is -0.553. The minimum absolute atomic E-state index is 0.0388. The highest BCUT2D eigenvalue weighted by atomic mass is 79.9. The van der Waals surface area contributed by atoms with Gasteiger partial charge in [-0.15, -0.1) is 0 Å². The van der Waals surface area contributed by atoms with Crippen LogP contribution < -0.4 is 4.74 Å². The predicted molar refractivity (Wildman–Crippen MR) is 70.6 cm³/mol. The van der Waals surface area contributed by atoms with E-state index >= 15 is 0 Å². The van der Waals surface area contributed by atoms with Crippen molar-refractivity contribution in [1.82, 2.24) is 0 Å². The normalized spacial score (nSPS) is 10.2. The van der Waals surface area contributed by atoms with Gasteiger partial charge in [-0.1, -0.05) is 28.1 Å². The Kier molecular flexibility index (Phi) is 3.77. The maximum absolute atomic E-state index is 13.7. The van der Waals surface area contributed by atoms with Crippen molar-refractivity contribution >= 4 is 21.7 Å². The van der Waals surface area contributed by atoms with Gasteiger partial charge in [0.15, 0.2) is 17.3 Å². The summed E-state index contributed by atoms with van der Waals surface area (Å²) in [5.41, 5.74) is 0.231. The van der Waals surface area contributed by atoms with Crippen molar-refractivity contribution < 1.29 is 13.9 Å². The van der Waals surface area contributed by atoms with E-state index in [2.05, 4.69) is 15.9 Å². The van der Waals surface area contributed by atoms with Crippen LogP contribution >= 0.6 is 15.9 Å². The second kappa shape index (κ2) is 5.31. The number of carbonyl (C=O) groups excluding carboxylic acids is 1. The van der Waals surface area contributed by atoms with Crippen molar-refractivity contribution in [2.24, 2.45) is 0 Å². The Morgan fingerprint density at radius 1 is 1.22 bits per heavy atom. The van der Waals surface area contributed by atoms with Crippen LogP contribution in [0.3, 0.4) is 0 Å². The summed E-state index contributed by atoms with van der Waals surface area (Å²) >= 11 is 3.30. The van der Waals surface area contributed by atoms with Gasteiger partial charge in [-0.2, -0.15) is 0 Å². The highest BCUT2D eigenvalue weighted by Gasteiger charge is 2.14. The van der Waals surface area contributed by atoms with E-state index in [1.165, 1.54) is 19.1 Å². The Labute approximate surface area is 113 Å². The van der Waals surface area contributed by atoms with Crippen LogP contribution in [0.4, 0.5) is 4.39 Å². The van der Waals surface area contributed by atoms with Gasteiger partial charge in [0, 0.05) is 4.47 Å². The molecule has 0 spiro atoms. The lowest BCUT2D eigenvalue weighted by Crippen LogP contribution is -1.99. The van der Waals surface area contributed by atoms with Gasteiger partial charge in [0.1, 0.15) is 5.75 Å². The predicted octanol–water partition coefficient (Wildman–Crippen LogP) is 4.58. The third-order valence-electron chi connectivity index (χ3n) is 2.36.